The molecule has 70 valence electrons. The molecule has 0 spiro atoms. The van der Waals surface area contributed by atoms with Gasteiger partial charge in [0.2, 0.25) is 0 Å². The topological polar surface area (TPSA) is 16.1 Å². The highest BCUT2D eigenvalue weighted by atomic mass is 15.0. The minimum atomic E-state index is 0.297. The molecule has 0 saturated heterocycles. The molecule has 1 aliphatic heterocycles. The van der Waals surface area contributed by atoms with Gasteiger partial charge < -0.3 is 4.81 Å². The zero-order valence-corrected chi connectivity index (χ0v) is 8.30. The second-order valence-electron chi connectivity index (χ2n) is 3.26. The first-order chi connectivity index (χ1) is 6.92. The van der Waals surface area contributed by atoms with Crippen LogP contribution in [0, 0.1) is 0 Å². The minimum absolute atomic E-state index is 0.297. The van der Waals surface area contributed by atoms with Crippen molar-refractivity contribution in [3.63, 3.8) is 0 Å². The fourth-order valence-electron chi connectivity index (χ4n) is 1.65. The maximum atomic E-state index is 4.37. The van der Waals surface area contributed by atoms with Crippen molar-refractivity contribution in [2.45, 2.75) is 6.92 Å². The average Bonchev–Trinajstić information content (AvgIpc) is 2.30. The van der Waals surface area contributed by atoms with Crippen molar-refractivity contribution in [2.24, 2.45) is 0 Å². The summed E-state index contributed by atoms with van der Waals surface area (Å²) in [6, 6.07) is 6.04. The normalized spacial score (nSPS) is 14.9. The van der Waals surface area contributed by atoms with Gasteiger partial charge in [-0.15, -0.1) is 0 Å². The molecule has 0 aromatic carbocycles. The summed E-state index contributed by atoms with van der Waals surface area (Å²) in [4.78, 5) is 6.64. The number of rotatable bonds is 2. The summed E-state index contributed by atoms with van der Waals surface area (Å²) in [5.74, 6) is 2.17. The van der Waals surface area contributed by atoms with Crippen molar-refractivity contribution in [1.29, 1.82) is 0 Å². The summed E-state index contributed by atoms with van der Waals surface area (Å²) >= 11 is 0. The lowest BCUT2D eigenvalue weighted by atomic mass is 9.56. The Bertz CT molecular complexity index is 346. The maximum Gasteiger partial charge on any atom is 0.335 e. The SMILES string of the molecule is CCN1C=CC=CB1c1ccccn1. The molecule has 1 aromatic rings. The molecule has 2 rings (SSSR count). The molecule has 2 nitrogen and oxygen atoms in total. The third kappa shape index (κ3) is 1.71. The number of nitrogens with zero attached hydrogens (tertiary/aromatic N) is 2. The van der Waals surface area contributed by atoms with Gasteiger partial charge in [0.25, 0.3) is 0 Å². The average molecular weight is 184 g/mol. The second-order valence-corrected chi connectivity index (χ2v) is 3.26. The van der Waals surface area contributed by atoms with Gasteiger partial charge in [-0.05, 0) is 31.3 Å². The number of aromatic nitrogens is 1. The Hall–Kier alpha value is -1.51. The van der Waals surface area contributed by atoms with Gasteiger partial charge in [-0.2, -0.15) is 0 Å². The minimum Gasteiger partial charge on any atom is -0.412 e. The Balaban J connectivity index is 2.25. The highest BCUT2D eigenvalue weighted by Crippen LogP contribution is 2.03. The monoisotopic (exact) mass is 184 g/mol. The molecule has 0 fully saturated rings. The van der Waals surface area contributed by atoms with Crippen LogP contribution in [-0.4, -0.2) is 23.2 Å². The van der Waals surface area contributed by atoms with Gasteiger partial charge in [0, 0.05) is 18.3 Å². The van der Waals surface area contributed by atoms with E-state index in [-0.39, 0.29) is 0 Å². The van der Waals surface area contributed by atoms with Gasteiger partial charge >= 0.3 is 6.85 Å². The molecule has 1 aliphatic rings. The molecule has 0 aliphatic carbocycles. The van der Waals surface area contributed by atoms with Crippen molar-refractivity contribution in [3.8, 4) is 0 Å². The standard InChI is InChI=1S/C11H13BN2/c1-2-14-10-6-4-8-12(14)11-7-3-5-9-13-11/h3-10H,2H2,1H3. The van der Waals surface area contributed by atoms with Crippen LogP contribution in [0.3, 0.4) is 0 Å². The van der Waals surface area contributed by atoms with E-state index in [1.807, 2.05) is 18.3 Å². The van der Waals surface area contributed by atoms with E-state index < -0.39 is 0 Å². The van der Waals surface area contributed by atoms with Crippen molar-refractivity contribution in [2.75, 3.05) is 6.54 Å². The zero-order chi connectivity index (χ0) is 9.80. The molecule has 3 heteroatoms. The molecule has 14 heavy (non-hydrogen) atoms. The summed E-state index contributed by atoms with van der Waals surface area (Å²) in [6.45, 7) is 3.45. The van der Waals surface area contributed by atoms with Gasteiger partial charge in [0.1, 0.15) is 0 Å². The van der Waals surface area contributed by atoms with Crippen molar-refractivity contribution < 1.29 is 0 Å². The third-order valence-corrected chi connectivity index (χ3v) is 2.40. The predicted octanol–water partition coefficient (Wildman–Crippen LogP) is 1.22. The molecule has 0 amide bonds. The number of allylic oxidation sites excluding steroid dienone is 2. The van der Waals surface area contributed by atoms with Gasteiger partial charge in [0.15, 0.2) is 0 Å². The van der Waals surface area contributed by atoms with Crippen LogP contribution in [0.4, 0.5) is 0 Å². The van der Waals surface area contributed by atoms with E-state index in [0.717, 1.165) is 12.1 Å². The predicted molar refractivity (Wildman–Crippen MR) is 60.3 cm³/mol. The van der Waals surface area contributed by atoms with Crippen LogP contribution in [0.1, 0.15) is 6.92 Å². The fourth-order valence-corrected chi connectivity index (χ4v) is 1.65. The first-order valence-electron chi connectivity index (χ1n) is 4.93. The highest BCUT2D eigenvalue weighted by Gasteiger charge is 2.21. The molecule has 0 N–H and O–H groups in total. The summed E-state index contributed by atoms with van der Waals surface area (Å²) in [6.07, 6.45) is 8.09. The fraction of sp³-hybridized carbons (Fsp3) is 0.182. The van der Waals surface area contributed by atoms with E-state index in [1.165, 1.54) is 0 Å². The molecule has 0 saturated carbocycles. The summed E-state index contributed by atoms with van der Waals surface area (Å²) in [5, 5.41) is 0. The van der Waals surface area contributed by atoms with E-state index >= 15 is 0 Å². The summed E-state index contributed by atoms with van der Waals surface area (Å²) < 4.78 is 0. The molecule has 2 heterocycles. The summed E-state index contributed by atoms with van der Waals surface area (Å²) in [7, 11) is 0. The van der Waals surface area contributed by atoms with Crippen LogP contribution in [0.5, 0.6) is 0 Å². The van der Waals surface area contributed by atoms with Crippen molar-refractivity contribution in [1.82, 2.24) is 9.79 Å². The molecule has 1 aromatic heterocycles. The molecular formula is C11H13BN2. The Labute approximate surface area is 85.1 Å². The van der Waals surface area contributed by atoms with E-state index in [4.69, 9.17) is 0 Å². The lowest BCUT2D eigenvalue weighted by Crippen LogP contribution is -2.46. The van der Waals surface area contributed by atoms with Crippen molar-refractivity contribution >= 4 is 12.4 Å². The Morgan fingerprint density at radius 1 is 1.36 bits per heavy atom. The lowest BCUT2D eigenvalue weighted by molar-refractivity contribution is 0.616. The third-order valence-electron chi connectivity index (χ3n) is 2.40. The zero-order valence-electron chi connectivity index (χ0n) is 8.30. The molecule has 0 unspecified atom stereocenters. The summed E-state index contributed by atoms with van der Waals surface area (Å²) in [5.41, 5.74) is 1.11. The molecule has 0 radical (unpaired) electrons. The Kier molecular flexibility index (Phi) is 2.68. The lowest BCUT2D eigenvalue weighted by Gasteiger charge is -2.25. The van der Waals surface area contributed by atoms with Crippen LogP contribution in [-0.2, 0) is 0 Å². The van der Waals surface area contributed by atoms with E-state index in [2.05, 4.69) is 47.1 Å². The van der Waals surface area contributed by atoms with Gasteiger partial charge in [-0.3, -0.25) is 4.98 Å². The number of hydrogen-bond acceptors (Lipinski definition) is 2. The van der Waals surface area contributed by atoms with Gasteiger partial charge in [-0.25, -0.2) is 0 Å². The molecular weight excluding hydrogens is 171 g/mol. The van der Waals surface area contributed by atoms with Crippen LogP contribution in [0.25, 0.3) is 0 Å². The largest absolute Gasteiger partial charge is 0.412 e. The maximum absolute atomic E-state index is 4.37. The van der Waals surface area contributed by atoms with E-state index in [0.29, 0.717) is 6.85 Å². The van der Waals surface area contributed by atoms with Gasteiger partial charge in [0.05, 0.1) is 0 Å². The van der Waals surface area contributed by atoms with Crippen LogP contribution < -0.4 is 5.59 Å². The number of pyridine rings is 1. The Morgan fingerprint density at radius 3 is 3.00 bits per heavy atom. The first-order valence-corrected chi connectivity index (χ1v) is 4.93. The highest BCUT2D eigenvalue weighted by molar-refractivity contribution is 6.75. The Morgan fingerprint density at radius 2 is 2.29 bits per heavy atom. The van der Waals surface area contributed by atoms with Crippen LogP contribution in [0.2, 0.25) is 0 Å². The van der Waals surface area contributed by atoms with Crippen LogP contribution in [0.15, 0.2) is 48.7 Å². The number of hydrogen-bond donors (Lipinski definition) is 0. The molecule has 0 atom stereocenters. The quantitative estimate of drug-likeness (QED) is 0.642. The van der Waals surface area contributed by atoms with E-state index in [9.17, 15) is 0 Å². The molecule has 0 bridgehead atoms. The smallest absolute Gasteiger partial charge is 0.335 e. The first kappa shape index (κ1) is 9.07. The van der Waals surface area contributed by atoms with Crippen LogP contribution >= 0.6 is 0 Å². The van der Waals surface area contributed by atoms with Crippen molar-refractivity contribution in [3.05, 3.63) is 48.7 Å². The second kappa shape index (κ2) is 4.14. The van der Waals surface area contributed by atoms with E-state index in [1.54, 1.807) is 0 Å². The van der Waals surface area contributed by atoms with Gasteiger partial charge in [-0.1, -0.05) is 18.1 Å².